The summed E-state index contributed by atoms with van der Waals surface area (Å²) in [5.41, 5.74) is 0.620. The van der Waals surface area contributed by atoms with E-state index in [9.17, 15) is 0 Å². The fourth-order valence-electron chi connectivity index (χ4n) is 5.27. The Bertz CT molecular complexity index is 382. The van der Waals surface area contributed by atoms with Gasteiger partial charge in [-0.3, -0.25) is 4.99 Å². The average molecular weight is 278 g/mol. The Morgan fingerprint density at radius 3 is 2.21 bits per heavy atom. The monoisotopic (exact) mass is 278 g/mol. The number of nitrogens with zero attached hydrogens (tertiary/aromatic N) is 1. The molecule has 2 nitrogen and oxygen atoms in total. The summed E-state index contributed by atoms with van der Waals surface area (Å²) in [6.07, 6.45) is 9.98. The molecule has 5 aliphatic rings. The first-order valence-corrected chi connectivity index (χ1v) is 9.07. The minimum atomic E-state index is 0.190. The summed E-state index contributed by atoms with van der Waals surface area (Å²) in [6.45, 7) is 4.56. The van der Waals surface area contributed by atoms with Crippen LogP contribution in [-0.4, -0.2) is 22.0 Å². The lowest BCUT2D eigenvalue weighted by Gasteiger charge is -2.57. The molecule has 5 rings (SSSR count). The number of hydrogen-bond donors (Lipinski definition) is 1. The highest BCUT2D eigenvalue weighted by Gasteiger charge is 2.51. The molecule has 1 unspecified atom stereocenters. The highest BCUT2D eigenvalue weighted by molar-refractivity contribution is 8.14. The third-order valence-electron chi connectivity index (χ3n) is 6.06. The van der Waals surface area contributed by atoms with Crippen LogP contribution >= 0.6 is 11.8 Å². The first kappa shape index (κ1) is 12.6. The van der Waals surface area contributed by atoms with E-state index in [2.05, 4.69) is 19.2 Å². The number of thioether (sulfide) groups is 1. The highest BCUT2D eigenvalue weighted by Crippen LogP contribution is 2.55. The highest BCUT2D eigenvalue weighted by atomic mass is 32.2. The van der Waals surface area contributed by atoms with Crippen LogP contribution in [0.1, 0.15) is 58.8 Å². The van der Waals surface area contributed by atoms with Gasteiger partial charge in [-0.2, -0.15) is 0 Å². The molecule has 106 valence electrons. The molecular weight excluding hydrogens is 252 g/mol. The number of rotatable bonds is 2. The quantitative estimate of drug-likeness (QED) is 0.830. The molecule has 0 aromatic rings. The summed E-state index contributed by atoms with van der Waals surface area (Å²) in [5, 5.41) is 5.18. The van der Waals surface area contributed by atoms with Crippen LogP contribution < -0.4 is 5.32 Å². The van der Waals surface area contributed by atoms with Crippen LogP contribution in [0.25, 0.3) is 0 Å². The van der Waals surface area contributed by atoms with Gasteiger partial charge in [0, 0.05) is 11.3 Å². The van der Waals surface area contributed by atoms with Crippen LogP contribution in [0.15, 0.2) is 4.99 Å². The van der Waals surface area contributed by atoms with Crippen molar-refractivity contribution in [1.82, 2.24) is 5.32 Å². The number of nitrogens with one attached hydrogen (secondary N) is 1. The third kappa shape index (κ3) is 2.12. The molecule has 1 aliphatic heterocycles. The number of aliphatic imine (C=N–C) groups is 1. The summed E-state index contributed by atoms with van der Waals surface area (Å²) >= 11 is 1.96. The minimum Gasteiger partial charge on any atom is -0.359 e. The number of hydrogen-bond acceptors (Lipinski definition) is 3. The van der Waals surface area contributed by atoms with E-state index in [1.807, 2.05) is 11.8 Å². The topological polar surface area (TPSA) is 24.4 Å². The Balaban J connectivity index is 1.53. The normalized spacial score (nSPS) is 51.5. The molecular formula is C16H26N2S. The van der Waals surface area contributed by atoms with Crippen molar-refractivity contribution in [3.8, 4) is 0 Å². The molecule has 19 heavy (non-hydrogen) atoms. The van der Waals surface area contributed by atoms with E-state index in [0.29, 0.717) is 5.54 Å². The van der Waals surface area contributed by atoms with Crippen molar-refractivity contribution in [2.75, 3.05) is 5.75 Å². The first-order chi connectivity index (χ1) is 9.08. The van der Waals surface area contributed by atoms with Crippen molar-refractivity contribution >= 4 is 16.9 Å². The van der Waals surface area contributed by atoms with Gasteiger partial charge < -0.3 is 5.32 Å². The molecule has 4 bridgehead atoms. The SMILES string of the molecule is CCC1(C)CSC(NC23CC4CC(CC(C4)C2)C3)=N1. The van der Waals surface area contributed by atoms with Crippen molar-refractivity contribution in [3.63, 3.8) is 0 Å². The Hall–Kier alpha value is -0.180. The third-order valence-corrected chi connectivity index (χ3v) is 7.30. The standard InChI is InChI=1S/C16H26N2S/c1-3-15(2)10-19-14(17-15)18-16-7-11-4-12(8-16)6-13(5-11)9-16/h11-13H,3-10H2,1-2H3,(H,17,18). The maximum Gasteiger partial charge on any atom is 0.157 e. The van der Waals surface area contributed by atoms with Crippen molar-refractivity contribution in [2.45, 2.75) is 69.9 Å². The summed E-state index contributed by atoms with van der Waals surface area (Å²) in [4.78, 5) is 4.98. The van der Waals surface area contributed by atoms with E-state index in [-0.39, 0.29) is 5.54 Å². The van der Waals surface area contributed by atoms with Crippen molar-refractivity contribution in [3.05, 3.63) is 0 Å². The van der Waals surface area contributed by atoms with Crippen molar-refractivity contribution in [2.24, 2.45) is 22.7 Å². The lowest BCUT2D eigenvalue weighted by Crippen LogP contribution is -2.59. The molecule has 0 amide bonds. The molecule has 4 saturated carbocycles. The van der Waals surface area contributed by atoms with E-state index >= 15 is 0 Å². The predicted octanol–water partition coefficient (Wildman–Crippen LogP) is 3.82. The van der Waals surface area contributed by atoms with Gasteiger partial charge in [-0.25, -0.2) is 0 Å². The Morgan fingerprint density at radius 1 is 1.16 bits per heavy atom. The second-order valence-corrected chi connectivity index (χ2v) is 8.84. The molecule has 1 N–H and O–H groups in total. The minimum absolute atomic E-state index is 0.190. The lowest BCUT2D eigenvalue weighted by atomic mass is 9.53. The fraction of sp³-hybridized carbons (Fsp3) is 0.938. The first-order valence-electron chi connectivity index (χ1n) is 8.09. The van der Waals surface area contributed by atoms with Crippen LogP contribution in [0.3, 0.4) is 0 Å². The van der Waals surface area contributed by atoms with Gasteiger partial charge >= 0.3 is 0 Å². The summed E-state index contributed by atoms with van der Waals surface area (Å²) < 4.78 is 0. The van der Waals surface area contributed by atoms with Gasteiger partial charge in [-0.15, -0.1) is 0 Å². The van der Waals surface area contributed by atoms with Gasteiger partial charge in [-0.05, 0) is 69.6 Å². The second kappa shape index (κ2) is 4.16. The molecule has 0 saturated heterocycles. The van der Waals surface area contributed by atoms with Gasteiger partial charge in [0.25, 0.3) is 0 Å². The Labute approximate surface area is 121 Å². The molecule has 0 spiro atoms. The van der Waals surface area contributed by atoms with Crippen molar-refractivity contribution < 1.29 is 0 Å². The maximum absolute atomic E-state index is 4.98. The van der Waals surface area contributed by atoms with Gasteiger partial charge in [0.2, 0.25) is 0 Å². The summed E-state index contributed by atoms with van der Waals surface area (Å²) in [7, 11) is 0. The van der Waals surface area contributed by atoms with E-state index in [1.165, 1.54) is 43.7 Å². The van der Waals surface area contributed by atoms with Gasteiger partial charge in [0.15, 0.2) is 5.17 Å². The zero-order valence-corrected chi connectivity index (χ0v) is 13.1. The summed E-state index contributed by atoms with van der Waals surface area (Å²) in [5.74, 6) is 4.22. The van der Waals surface area contributed by atoms with Gasteiger partial charge in [0.1, 0.15) is 0 Å². The van der Waals surface area contributed by atoms with Crippen LogP contribution in [0.5, 0.6) is 0 Å². The molecule has 4 fully saturated rings. The summed E-state index contributed by atoms with van der Waals surface area (Å²) in [6, 6.07) is 0. The Kier molecular flexibility index (Phi) is 2.75. The zero-order chi connectivity index (χ0) is 13.1. The molecule has 3 heteroatoms. The van der Waals surface area contributed by atoms with Crippen LogP contribution in [0.2, 0.25) is 0 Å². The second-order valence-electron chi connectivity index (χ2n) is 7.88. The van der Waals surface area contributed by atoms with E-state index in [1.54, 1.807) is 0 Å². The largest absolute Gasteiger partial charge is 0.359 e. The van der Waals surface area contributed by atoms with Crippen LogP contribution in [0.4, 0.5) is 0 Å². The molecule has 4 aliphatic carbocycles. The molecule has 0 radical (unpaired) electrons. The van der Waals surface area contributed by atoms with Crippen LogP contribution in [-0.2, 0) is 0 Å². The lowest BCUT2D eigenvalue weighted by molar-refractivity contribution is -0.00965. The van der Waals surface area contributed by atoms with Gasteiger partial charge in [-0.1, -0.05) is 18.7 Å². The van der Waals surface area contributed by atoms with Crippen LogP contribution in [0, 0.1) is 17.8 Å². The molecule has 1 heterocycles. The van der Waals surface area contributed by atoms with E-state index in [4.69, 9.17) is 4.99 Å². The Morgan fingerprint density at radius 2 is 1.74 bits per heavy atom. The predicted molar refractivity (Wildman–Crippen MR) is 82.6 cm³/mol. The molecule has 1 atom stereocenters. The molecule has 0 aromatic heterocycles. The van der Waals surface area contributed by atoms with E-state index < -0.39 is 0 Å². The average Bonchev–Trinajstić information content (AvgIpc) is 2.69. The zero-order valence-electron chi connectivity index (χ0n) is 12.2. The number of amidine groups is 1. The smallest absolute Gasteiger partial charge is 0.157 e. The maximum atomic E-state index is 4.98. The molecule has 0 aromatic carbocycles. The van der Waals surface area contributed by atoms with Gasteiger partial charge in [0.05, 0.1) is 5.54 Å². The fourth-order valence-corrected chi connectivity index (χ4v) is 6.56. The van der Waals surface area contributed by atoms with Crippen molar-refractivity contribution in [1.29, 1.82) is 0 Å². The van der Waals surface area contributed by atoms with E-state index in [0.717, 1.165) is 29.9 Å².